The molecule has 0 heterocycles. The molecule has 0 aromatic heterocycles. The molecule has 1 rings (SSSR count). The second-order valence-electron chi connectivity index (χ2n) is 1.89. The van der Waals surface area contributed by atoms with E-state index in [-0.39, 0.29) is 7.43 Å². The first-order valence-corrected chi connectivity index (χ1v) is 2.96. The number of hydrogen-bond donors (Lipinski definition) is 0. The lowest BCUT2D eigenvalue weighted by atomic mass is 10.2. The smallest absolute Gasteiger partial charge is 0.150 e. The van der Waals surface area contributed by atoms with Gasteiger partial charge in [0, 0.05) is 5.56 Å². The topological polar surface area (TPSA) is 26.3 Å². The molecule has 0 atom stereocenters. The average Bonchev–Trinajstić information content (AvgIpc) is 2.05. The van der Waals surface area contributed by atoms with Crippen molar-refractivity contribution in [2.24, 2.45) is 0 Å². The molecule has 0 aliphatic rings. The van der Waals surface area contributed by atoms with E-state index < -0.39 is 0 Å². The number of carbonyl (C=O) groups is 1. The Kier molecular flexibility index (Phi) is 3.96. The number of carbonyl (C=O) groups excluding carboxylic acids is 1. The van der Waals surface area contributed by atoms with Crippen LogP contribution in [0.2, 0.25) is 0 Å². The van der Waals surface area contributed by atoms with Crippen LogP contribution in [0.5, 0.6) is 5.75 Å². The Bertz CT molecular complexity index is 231. The quantitative estimate of drug-likeness (QED) is 0.607. The minimum absolute atomic E-state index is 0. The molecule has 1 aromatic rings. The summed E-state index contributed by atoms with van der Waals surface area (Å²) in [6.45, 7) is 0. The maximum Gasteiger partial charge on any atom is 0.150 e. The van der Waals surface area contributed by atoms with Gasteiger partial charge in [-0.3, -0.25) is 4.79 Å². The molecule has 0 amide bonds. The fourth-order valence-corrected chi connectivity index (χ4v) is 0.715. The molecule has 0 saturated carbocycles. The van der Waals surface area contributed by atoms with Crippen molar-refractivity contribution < 1.29 is 9.53 Å². The molecule has 0 aliphatic carbocycles. The van der Waals surface area contributed by atoms with Crippen LogP contribution < -0.4 is 4.74 Å². The Hall–Kier alpha value is -1.31. The lowest BCUT2D eigenvalue weighted by Crippen LogP contribution is -1.84. The number of methoxy groups -OCH3 is 1. The van der Waals surface area contributed by atoms with E-state index in [9.17, 15) is 4.79 Å². The van der Waals surface area contributed by atoms with Crippen molar-refractivity contribution in [2.45, 2.75) is 7.43 Å². The van der Waals surface area contributed by atoms with Crippen LogP contribution in [0.1, 0.15) is 17.8 Å². The van der Waals surface area contributed by atoms with Crippen molar-refractivity contribution in [1.29, 1.82) is 0 Å². The van der Waals surface area contributed by atoms with Gasteiger partial charge in [-0.1, -0.05) is 19.6 Å². The zero-order valence-corrected chi connectivity index (χ0v) is 5.70. The molecule has 0 radical (unpaired) electrons. The summed E-state index contributed by atoms with van der Waals surface area (Å²) in [6, 6.07) is 7.00. The van der Waals surface area contributed by atoms with E-state index in [0.717, 1.165) is 6.29 Å². The summed E-state index contributed by atoms with van der Waals surface area (Å²) >= 11 is 0. The van der Waals surface area contributed by atoms with Crippen molar-refractivity contribution >= 4 is 6.29 Å². The molecule has 0 aliphatic heterocycles. The second kappa shape index (κ2) is 4.50. The number of aldehydes is 1. The molecule has 11 heavy (non-hydrogen) atoms. The van der Waals surface area contributed by atoms with Gasteiger partial charge in [0.2, 0.25) is 0 Å². The van der Waals surface area contributed by atoms with E-state index in [1.165, 1.54) is 0 Å². The van der Waals surface area contributed by atoms with E-state index in [4.69, 9.17) is 4.74 Å². The molecule has 0 spiro atoms. The number of hydrogen-bond acceptors (Lipinski definition) is 2. The molecule has 0 saturated heterocycles. The van der Waals surface area contributed by atoms with Crippen LogP contribution >= 0.6 is 0 Å². The molecule has 60 valence electrons. The summed E-state index contributed by atoms with van der Waals surface area (Å²) in [5.41, 5.74) is 0.638. The minimum Gasteiger partial charge on any atom is -0.497 e. The molecular formula is C9H12O2. The third-order valence-corrected chi connectivity index (χ3v) is 1.23. The molecule has 0 fully saturated rings. The summed E-state index contributed by atoms with van der Waals surface area (Å²) in [4.78, 5) is 10.2. The maximum atomic E-state index is 10.2. The second-order valence-corrected chi connectivity index (χ2v) is 1.89. The van der Waals surface area contributed by atoms with E-state index in [1.54, 1.807) is 31.4 Å². The normalized spacial score (nSPS) is 8.09. The lowest BCUT2D eigenvalue weighted by Gasteiger charge is -1.97. The highest BCUT2D eigenvalue weighted by Gasteiger charge is 1.90. The van der Waals surface area contributed by atoms with E-state index in [1.807, 2.05) is 0 Å². The summed E-state index contributed by atoms with van der Waals surface area (Å²) in [5.74, 6) is 0.713. The molecule has 2 heteroatoms. The summed E-state index contributed by atoms with van der Waals surface area (Å²) < 4.78 is 4.90. The number of ether oxygens (including phenoxy) is 1. The van der Waals surface area contributed by atoms with Crippen LogP contribution in [0, 0.1) is 0 Å². The van der Waals surface area contributed by atoms with Gasteiger partial charge >= 0.3 is 0 Å². The Morgan fingerprint density at radius 3 is 2.73 bits per heavy atom. The van der Waals surface area contributed by atoms with Crippen molar-refractivity contribution in [3.8, 4) is 5.75 Å². The van der Waals surface area contributed by atoms with Crippen molar-refractivity contribution in [2.75, 3.05) is 7.11 Å². The van der Waals surface area contributed by atoms with Crippen LogP contribution in [0.15, 0.2) is 24.3 Å². The number of benzene rings is 1. The van der Waals surface area contributed by atoms with Crippen LogP contribution in [0.4, 0.5) is 0 Å². The minimum atomic E-state index is 0. The van der Waals surface area contributed by atoms with Crippen molar-refractivity contribution in [3.63, 3.8) is 0 Å². The zero-order valence-electron chi connectivity index (χ0n) is 5.70. The van der Waals surface area contributed by atoms with Crippen molar-refractivity contribution in [3.05, 3.63) is 29.8 Å². The van der Waals surface area contributed by atoms with Gasteiger partial charge in [-0.05, 0) is 12.1 Å². The maximum absolute atomic E-state index is 10.2. The Labute approximate surface area is 66.8 Å². The molecule has 0 N–H and O–H groups in total. The van der Waals surface area contributed by atoms with Crippen LogP contribution in [0.25, 0.3) is 0 Å². The summed E-state index contributed by atoms with van der Waals surface area (Å²) in [6.07, 6.45) is 0.794. The van der Waals surface area contributed by atoms with Gasteiger partial charge in [0.1, 0.15) is 12.0 Å². The summed E-state index contributed by atoms with van der Waals surface area (Å²) in [5, 5.41) is 0. The monoisotopic (exact) mass is 152 g/mol. The Balaban J connectivity index is 0.000001000. The van der Waals surface area contributed by atoms with Gasteiger partial charge in [0.05, 0.1) is 7.11 Å². The third kappa shape index (κ3) is 2.42. The average molecular weight is 152 g/mol. The largest absolute Gasteiger partial charge is 0.497 e. The molecule has 2 nitrogen and oxygen atoms in total. The lowest BCUT2D eigenvalue weighted by molar-refractivity contribution is 0.112. The first kappa shape index (κ1) is 9.69. The van der Waals surface area contributed by atoms with Crippen LogP contribution in [-0.2, 0) is 0 Å². The predicted molar refractivity (Wildman–Crippen MR) is 45.1 cm³/mol. The molecular weight excluding hydrogens is 140 g/mol. The molecule has 0 bridgehead atoms. The zero-order chi connectivity index (χ0) is 7.40. The number of rotatable bonds is 2. The highest BCUT2D eigenvalue weighted by atomic mass is 16.5. The fraction of sp³-hybridized carbons (Fsp3) is 0.222. The van der Waals surface area contributed by atoms with Gasteiger partial charge in [-0.2, -0.15) is 0 Å². The highest BCUT2D eigenvalue weighted by Crippen LogP contribution is 2.10. The Morgan fingerprint density at radius 1 is 1.45 bits per heavy atom. The first-order chi connectivity index (χ1) is 4.86. The van der Waals surface area contributed by atoms with Gasteiger partial charge in [-0.15, -0.1) is 0 Å². The third-order valence-electron chi connectivity index (χ3n) is 1.23. The van der Waals surface area contributed by atoms with Gasteiger partial charge in [0.15, 0.2) is 0 Å². The highest BCUT2D eigenvalue weighted by molar-refractivity contribution is 5.75. The molecule has 0 unspecified atom stereocenters. The molecule has 1 aromatic carbocycles. The van der Waals surface area contributed by atoms with Crippen LogP contribution in [0.3, 0.4) is 0 Å². The van der Waals surface area contributed by atoms with Crippen molar-refractivity contribution in [1.82, 2.24) is 0 Å². The van der Waals surface area contributed by atoms with Crippen LogP contribution in [-0.4, -0.2) is 13.4 Å². The van der Waals surface area contributed by atoms with E-state index >= 15 is 0 Å². The van der Waals surface area contributed by atoms with E-state index in [2.05, 4.69) is 0 Å². The standard InChI is InChI=1S/C8H8O2.CH4/c1-10-8-4-2-3-7(5-8)6-9;/h2-6H,1H3;1H4. The predicted octanol–water partition coefficient (Wildman–Crippen LogP) is 2.14. The SMILES string of the molecule is C.COc1cccc(C=O)c1. The fourth-order valence-electron chi connectivity index (χ4n) is 0.715. The summed E-state index contributed by atoms with van der Waals surface area (Å²) in [7, 11) is 1.57. The van der Waals surface area contributed by atoms with Gasteiger partial charge < -0.3 is 4.74 Å². The van der Waals surface area contributed by atoms with Gasteiger partial charge in [0.25, 0.3) is 0 Å². The Morgan fingerprint density at radius 2 is 2.18 bits per heavy atom. The van der Waals surface area contributed by atoms with Gasteiger partial charge in [-0.25, -0.2) is 0 Å². The first-order valence-electron chi connectivity index (χ1n) is 2.96. The van der Waals surface area contributed by atoms with E-state index in [0.29, 0.717) is 11.3 Å².